The quantitative estimate of drug-likeness (QED) is 0.829. The fraction of sp³-hybridized carbons (Fsp3) is 0.600. The summed E-state index contributed by atoms with van der Waals surface area (Å²) in [7, 11) is 3.53. The number of aryl methyl sites for hydroxylation is 1. The van der Waals surface area contributed by atoms with Gasteiger partial charge >= 0.3 is 0 Å². The number of hydrogen-bond acceptors (Lipinski definition) is 4. The first kappa shape index (κ1) is 14.9. The van der Waals surface area contributed by atoms with Crippen molar-refractivity contribution in [1.29, 1.82) is 0 Å². The Morgan fingerprint density at radius 1 is 1.50 bits per heavy atom. The number of likely N-dealkylation sites (N-methyl/N-ethyl adjacent to an activating group) is 1. The summed E-state index contributed by atoms with van der Waals surface area (Å²) in [5.41, 5.74) is 1.43. The van der Waals surface area contributed by atoms with Crippen LogP contribution >= 0.6 is 0 Å². The van der Waals surface area contributed by atoms with E-state index < -0.39 is 5.60 Å². The summed E-state index contributed by atoms with van der Waals surface area (Å²) in [5.74, 6) is 0.0178. The minimum atomic E-state index is -0.750. The van der Waals surface area contributed by atoms with E-state index in [1.54, 1.807) is 19.0 Å². The first-order valence-corrected chi connectivity index (χ1v) is 6.90. The second kappa shape index (κ2) is 5.89. The molecule has 1 aliphatic heterocycles. The van der Waals surface area contributed by atoms with E-state index in [1.807, 2.05) is 26.1 Å². The third-order valence-electron chi connectivity index (χ3n) is 3.59. The zero-order chi connectivity index (χ0) is 14.8. The number of ether oxygens (including phenoxy) is 1. The number of hydrogen-bond donors (Lipinski definition) is 0. The van der Waals surface area contributed by atoms with Crippen molar-refractivity contribution >= 4 is 5.91 Å². The van der Waals surface area contributed by atoms with Crippen molar-refractivity contribution < 1.29 is 9.53 Å². The van der Waals surface area contributed by atoms with Crippen LogP contribution in [0.2, 0.25) is 0 Å². The molecule has 1 aromatic heterocycles. The zero-order valence-corrected chi connectivity index (χ0v) is 12.7. The SMILES string of the molecule is Cc1ccc(CN2CCOC(C)(C(=O)N(C)C)C2)cn1. The van der Waals surface area contributed by atoms with Crippen molar-refractivity contribution in [1.82, 2.24) is 14.8 Å². The number of morpholine rings is 1. The Balaban J connectivity index is 2.03. The average Bonchev–Trinajstić information content (AvgIpc) is 2.40. The van der Waals surface area contributed by atoms with Crippen molar-refractivity contribution in [3.63, 3.8) is 0 Å². The number of amides is 1. The fourth-order valence-electron chi connectivity index (χ4n) is 2.54. The number of carbonyl (C=O) groups is 1. The Bertz CT molecular complexity index is 473. The molecule has 20 heavy (non-hydrogen) atoms. The van der Waals surface area contributed by atoms with Crippen LogP contribution in [-0.4, -0.2) is 60.1 Å². The smallest absolute Gasteiger partial charge is 0.255 e. The second-order valence-electron chi connectivity index (χ2n) is 5.80. The number of aromatic nitrogens is 1. The molecule has 1 fully saturated rings. The Hall–Kier alpha value is -1.46. The van der Waals surface area contributed by atoms with Crippen molar-refractivity contribution in [3.8, 4) is 0 Å². The van der Waals surface area contributed by atoms with Crippen LogP contribution < -0.4 is 0 Å². The molecule has 1 unspecified atom stereocenters. The van der Waals surface area contributed by atoms with Gasteiger partial charge in [0.05, 0.1) is 6.61 Å². The highest BCUT2D eigenvalue weighted by Gasteiger charge is 2.40. The molecular weight excluding hydrogens is 254 g/mol. The van der Waals surface area contributed by atoms with E-state index in [0.29, 0.717) is 13.2 Å². The molecule has 0 spiro atoms. The van der Waals surface area contributed by atoms with Gasteiger partial charge in [-0.2, -0.15) is 0 Å². The van der Waals surface area contributed by atoms with Crippen LogP contribution in [0.5, 0.6) is 0 Å². The predicted octanol–water partition coefficient (Wildman–Crippen LogP) is 1.07. The fourth-order valence-corrected chi connectivity index (χ4v) is 2.54. The van der Waals surface area contributed by atoms with E-state index in [1.165, 1.54) is 0 Å². The largest absolute Gasteiger partial charge is 0.363 e. The molecule has 0 aromatic carbocycles. The van der Waals surface area contributed by atoms with Gasteiger partial charge in [-0.15, -0.1) is 0 Å². The molecule has 5 heteroatoms. The molecule has 2 heterocycles. The Kier molecular flexibility index (Phi) is 4.40. The summed E-state index contributed by atoms with van der Waals surface area (Å²) in [5, 5.41) is 0. The molecule has 0 N–H and O–H groups in total. The zero-order valence-electron chi connectivity index (χ0n) is 12.7. The minimum Gasteiger partial charge on any atom is -0.363 e. The molecule has 5 nitrogen and oxygen atoms in total. The molecule has 0 aliphatic carbocycles. The third kappa shape index (κ3) is 3.35. The molecule has 0 bridgehead atoms. The maximum absolute atomic E-state index is 12.2. The number of pyridine rings is 1. The number of nitrogens with zero attached hydrogens (tertiary/aromatic N) is 3. The van der Waals surface area contributed by atoms with E-state index in [0.717, 1.165) is 24.3 Å². The van der Waals surface area contributed by atoms with Gasteiger partial charge in [-0.05, 0) is 25.5 Å². The highest BCUT2D eigenvalue weighted by Crippen LogP contribution is 2.21. The van der Waals surface area contributed by atoms with E-state index in [-0.39, 0.29) is 5.91 Å². The maximum atomic E-state index is 12.2. The average molecular weight is 277 g/mol. The number of rotatable bonds is 3. The molecule has 2 rings (SSSR count). The van der Waals surface area contributed by atoms with Crippen molar-refractivity contribution in [2.24, 2.45) is 0 Å². The Labute approximate surface area is 120 Å². The van der Waals surface area contributed by atoms with Gasteiger partial charge in [0.15, 0.2) is 5.60 Å². The van der Waals surface area contributed by atoms with E-state index in [2.05, 4.69) is 16.0 Å². The summed E-state index contributed by atoms with van der Waals surface area (Å²) in [4.78, 5) is 20.4. The van der Waals surface area contributed by atoms with E-state index in [9.17, 15) is 4.79 Å². The first-order chi connectivity index (χ1) is 9.40. The topological polar surface area (TPSA) is 45.7 Å². The molecule has 1 amide bonds. The van der Waals surface area contributed by atoms with Gasteiger partial charge in [0, 0.05) is 45.6 Å². The van der Waals surface area contributed by atoms with E-state index >= 15 is 0 Å². The van der Waals surface area contributed by atoms with Gasteiger partial charge < -0.3 is 9.64 Å². The highest BCUT2D eigenvalue weighted by atomic mass is 16.5. The van der Waals surface area contributed by atoms with Crippen LogP contribution in [0.1, 0.15) is 18.2 Å². The van der Waals surface area contributed by atoms with Crippen LogP contribution in [0.3, 0.4) is 0 Å². The van der Waals surface area contributed by atoms with Gasteiger partial charge in [-0.3, -0.25) is 14.7 Å². The lowest BCUT2D eigenvalue weighted by molar-refractivity contribution is -0.165. The Morgan fingerprint density at radius 2 is 2.25 bits per heavy atom. The van der Waals surface area contributed by atoms with Crippen molar-refractivity contribution in [2.45, 2.75) is 26.0 Å². The van der Waals surface area contributed by atoms with Crippen LogP contribution in [0, 0.1) is 6.92 Å². The summed E-state index contributed by atoms with van der Waals surface area (Å²) in [6.45, 7) is 6.67. The molecule has 1 atom stereocenters. The van der Waals surface area contributed by atoms with Gasteiger partial charge in [-0.25, -0.2) is 0 Å². The monoisotopic (exact) mass is 277 g/mol. The molecular formula is C15H23N3O2. The summed E-state index contributed by atoms with van der Waals surface area (Å²) < 4.78 is 5.73. The summed E-state index contributed by atoms with van der Waals surface area (Å²) in [6, 6.07) is 4.10. The lowest BCUT2D eigenvalue weighted by Gasteiger charge is -2.40. The molecule has 1 aromatic rings. The van der Waals surface area contributed by atoms with Gasteiger partial charge in [0.2, 0.25) is 0 Å². The molecule has 1 aliphatic rings. The first-order valence-electron chi connectivity index (χ1n) is 6.90. The maximum Gasteiger partial charge on any atom is 0.255 e. The molecule has 110 valence electrons. The van der Waals surface area contributed by atoms with Crippen LogP contribution in [-0.2, 0) is 16.1 Å². The normalized spacial score (nSPS) is 23.6. The van der Waals surface area contributed by atoms with Gasteiger partial charge in [0.25, 0.3) is 5.91 Å². The second-order valence-corrected chi connectivity index (χ2v) is 5.80. The predicted molar refractivity (Wildman–Crippen MR) is 77.3 cm³/mol. The third-order valence-corrected chi connectivity index (χ3v) is 3.59. The lowest BCUT2D eigenvalue weighted by atomic mass is 10.0. The van der Waals surface area contributed by atoms with Crippen LogP contribution in [0.25, 0.3) is 0 Å². The molecule has 1 saturated heterocycles. The van der Waals surface area contributed by atoms with Crippen molar-refractivity contribution in [2.75, 3.05) is 33.8 Å². The standard InChI is InChI=1S/C15H23N3O2/c1-12-5-6-13(9-16-12)10-18-7-8-20-15(2,11-18)14(19)17(3)4/h5-6,9H,7-8,10-11H2,1-4H3. The molecule has 0 radical (unpaired) electrons. The number of carbonyl (C=O) groups excluding carboxylic acids is 1. The lowest BCUT2D eigenvalue weighted by Crippen LogP contribution is -2.57. The van der Waals surface area contributed by atoms with Gasteiger partial charge in [-0.1, -0.05) is 6.07 Å². The summed E-state index contributed by atoms with van der Waals surface area (Å²) >= 11 is 0. The summed E-state index contributed by atoms with van der Waals surface area (Å²) in [6.07, 6.45) is 1.90. The van der Waals surface area contributed by atoms with Crippen LogP contribution in [0.4, 0.5) is 0 Å². The Morgan fingerprint density at radius 3 is 2.85 bits per heavy atom. The van der Waals surface area contributed by atoms with Crippen LogP contribution in [0.15, 0.2) is 18.3 Å². The highest BCUT2D eigenvalue weighted by molar-refractivity contribution is 5.84. The van der Waals surface area contributed by atoms with Crippen molar-refractivity contribution in [3.05, 3.63) is 29.6 Å². The van der Waals surface area contributed by atoms with Gasteiger partial charge in [0.1, 0.15) is 0 Å². The minimum absolute atomic E-state index is 0.0178. The molecule has 0 saturated carbocycles. The van der Waals surface area contributed by atoms with E-state index in [4.69, 9.17) is 4.74 Å².